The molecule has 0 fully saturated rings. The van der Waals surface area contributed by atoms with E-state index >= 15 is 0 Å². The summed E-state index contributed by atoms with van der Waals surface area (Å²) < 4.78 is 47.8. The molecule has 1 N–H and O–H groups in total. The number of carbonyl (C=O) groups excluding carboxylic acids is 2. The first kappa shape index (κ1) is 22.7. The number of hydrogen-bond acceptors (Lipinski definition) is 6. The largest absolute Gasteiger partial charge is 0.490 e. The maximum absolute atomic E-state index is 12.7. The van der Waals surface area contributed by atoms with Crippen molar-refractivity contribution in [3.05, 3.63) is 63.2 Å². The molecule has 0 aromatic heterocycles. The summed E-state index contributed by atoms with van der Waals surface area (Å²) in [5, 5.41) is 13.4. The first-order valence-electron chi connectivity index (χ1n) is 8.46. The molecule has 0 aliphatic rings. The normalized spacial score (nSPS) is 11.0. The second kappa shape index (κ2) is 9.25. The van der Waals surface area contributed by atoms with Crippen LogP contribution in [-0.4, -0.2) is 30.5 Å². The van der Waals surface area contributed by atoms with Gasteiger partial charge in [-0.2, -0.15) is 13.2 Å². The number of aryl methyl sites for hydroxylation is 1. The fraction of sp³-hybridized carbons (Fsp3) is 0.263. The van der Waals surface area contributed by atoms with Crippen molar-refractivity contribution < 1.29 is 37.2 Å². The van der Waals surface area contributed by atoms with Crippen molar-refractivity contribution in [1.29, 1.82) is 0 Å². The highest BCUT2D eigenvalue weighted by Gasteiger charge is 2.30. The number of methoxy groups -OCH3 is 1. The van der Waals surface area contributed by atoms with Crippen LogP contribution in [0.2, 0.25) is 0 Å². The van der Waals surface area contributed by atoms with E-state index in [0.29, 0.717) is 5.56 Å². The summed E-state index contributed by atoms with van der Waals surface area (Å²) in [4.78, 5) is 34.2. The average Bonchev–Trinajstić information content (AvgIpc) is 2.67. The monoisotopic (exact) mass is 426 g/mol. The lowest BCUT2D eigenvalue weighted by atomic mass is 10.1. The fourth-order valence-corrected chi connectivity index (χ4v) is 2.52. The van der Waals surface area contributed by atoms with Crippen LogP contribution in [0.1, 0.15) is 16.7 Å². The van der Waals surface area contributed by atoms with Crippen molar-refractivity contribution in [3.8, 4) is 5.75 Å². The van der Waals surface area contributed by atoms with E-state index < -0.39 is 41.6 Å². The number of halogens is 3. The average molecular weight is 426 g/mol. The number of ether oxygens (including phenoxy) is 2. The summed E-state index contributed by atoms with van der Waals surface area (Å²) in [6.07, 6.45) is -4.98. The van der Waals surface area contributed by atoms with E-state index in [2.05, 4.69) is 5.32 Å². The Morgan fingerprint density at radius 3 is 2.50 bits per heavy atom. The Kier molecular flexibility index (Phi) is 6.98. The van der Waals surface area contributed by atoms with E-state index in [0.717, 1.165) is 12.1 Å². The lowest BCUT2D eigenvalue weighted by Gasteiger charge is -2.11. The summed E-state index contributed by atoms with van der Waals surface area (Å²) in [6, 6.07) is 6.69. The van der Waals surface area contributed by atoms with E-state index in [9.17, 15) is 32.9 Å². The van der Waals surface area contributed by atoms with Crippen molar-refractivity contribution in [2.75, 3.05) is 19.0 Å². The van der Waals surface area contributed by atoms with E-state index in [1.807, 2.05) is 0 Å². The van der Waals surface area contributed by atoms with Gasteiger partial charge in [0, 0.05) is 17.8 Å². The standard InChI is InChI=1S/C19H17F3N2O6/c1-11-6-15(24(27)28)16(29-2)9-14(11)23-17(25)10-30-18(26)8-12-4-3-5-13(7-12)19(20,21)22/h3-7,9H,8,10H2,1-2H3,(H,23,25). The van der Waals surface area contributed by atoms with Crippen LogP contribution in [0, 0.1) is 17.0 Å². The molecule has 0 saturated carbocycles. The second-order valence-corrected chi connectivity index (χ2v) is 6.18. The van der Waals surface area contributed by atoms with Crippen LogP contribution in [0.5, 0.6) is 5.75 Å². The molecule has 1 amide bonds. The first-order valence-corrected chi connectivity index (χ1v) is 8.46. The van der Waals surface area contributed by atoms with Gasteiger partial charge in [0.25, 0.3) is 5.91 Å². The number of hydrogen-bond donors (Lipinski definition) is 1. The van der Waals surface area contributed by atoms with Crippen molar-refractivity contribution >= 4 is 23.3 Å². The minimum absolute atomic E-state index is 0.0672. The number of nitrogens with zero attached hydrogens (tertiary/aromatic N) is 1. The molecule has 0 aliphatic carbocycles. The molecule has 0 saturated heterocycles. The number of carbonyl (C=O) groups is 2. The SMILES string of the molecule is COc1cc(NC(=O)COC(=O)Cc2cccc(C(F)(F)F)c2)c(C)cc1[N+](=O)[O-]. The molecule has 2 aromatic carbocycles. The lowest BCUT2D eigenvalue weighted by Crippen LogP contribution is -2.22. The molecule has 0 heterocycles. The van der Waals surface area contributed by atoms with Crippen LogP contribution in [0.3, 0.4) is 0 Å². The summed E-state index contributed by atoms with van der Waals surface area (Å²) in [5.41, 5.74) is -0.484. The number of nitro benzene ring substituents is 1. The Hall–Kier alpha value is -3.63. The van der Waals surface area contributed by atoms with Crippen molar-refractivity contribution in [2.45, 2.75) is 19.5 Å². The van der Waals surface area contributed by atoms with Crippen molar-refractivity contribution in [1.82, 2.24) is 0 Å². The van der Waals surface area contributed by atoms with Crippen LogP contribution in [0.4, 0.5) is 24.5 Å². The van der Waals surface area contributed by atoms with Gasteiger partial charge in [-0.25, -0.2) is 0 Å². The maximum atomic E-state index is 12.7. The van der Waals surface area contributed by atoms with Gasteiger partial charge in [0.1, 0.15) is 0 Å². The smallest absolute Gasteiger partial charge is 0.416 e. The molecule has 0 atom stereocenters. The zero-order valence-corrected chi connectivity index (χ0v) is 15.9. The van der Waals surface area contributed by atoms with Crippen LogP contribution in [0.15, 0.2) is 36.4 Å². The number of alkyl halides is 3. The Morgan fingerprint density at radius 2 is 1.90 bits per heavy atom. The Morgan fingerprint density at radius 1 is 1.20 bits per heavy atom. The predicted molar refractivity (Wildman–Crippen MR) is 99.1 cm³/mol. The zero-order chi connectivity index (χ0) is 22.5. The maximum Gasteiger partial charge on any atom is 0.416 e. The first-order chi connectivity index (χ1) is 14.0. The van der Waals surface area contributed by atoms with E-state index in [1.54, 1.807) is 0 Å². The lowest BCUT2D eigenvalue weighted by molar-refractivity contribution is -0.385. The van der Waals surface area contributed by atoms with Gasteiger partial charge in [-0.05, 0) is 24.1 Å². The van der Waals surface area contributed by atoms with Gasteiger partial charge in [-0.1, -0.05) is 18.2 Å². The molecule has 2 rings (SSSR count). The second-order valence-electron chi connectivity index (χ2n) is 6.18. The highest BCUT2D eigenvalue weighted by atomic mass is 19.4. The van der Waals surface area contributed by atoms with Gasteiger partial charge in [0.2, 0.25) is 0 Å². The number of nitrogens with one attached hydrogen (secondary N) is 1. The molecule has 11 heteroatoms. The van der Waals surface area contributed by atoms with Gasteiger partial charge < -0.3 is 14.8 Å². The number of rotatable bonds is 7. The number of anilines is 1. The summed E-state index contributed by atoms with van der Waals surface area (Å²) in [6.45, 7) is 0.845. The zero-order valence-electron chi connectivity index (χ0n) is 15.9. The van der Waals surface area contributed by atoms with E-state index in [-0.39, 0.29) is 22.7 Å². The fourth-order valence-electron chi connectivity index (χ4n) is 2.52. The molecule has 0 spiro atoms. The molecule has 8 nitrogen and oxygen atoms in total. The highest BCUT2D eigenvalue weighted by Crippen LogP contribution is 2.33. The van der Waals surface area contributed by atoms with E-state index in [1.165, 1.54) is 38.3 Å². The Balaban J connectivity index is 1.97. The van der Waals surface area contributed by atoms with Crippen LogP contribution in [-0.2, 0) is 26.9 Å². The van der Waals surface area contributed by atoms with Crippen LogP contribution in [0.25, 0.3) is 0 Å². The van der Waals surface area contributed by atoms with Gasteiger partial charge in [0.05, 0.1) is 24.0 Å². The van der Waals surface area contributed by atoms with Gasteiger partial charge in [-0.15, -0.1) is 0 Å². The number of esters is 1. The molecular formula is C19H17F3N2O6. The van der Waals surface area contributed by atoms with Gasteiger partial charge >= 0.3 is 17.8 Å². The highest BCUT2D eigenvalue weighted by molar-refractivity contribution is 5.94. The molecule has 0 unspecified atom stereocenters. The topological polar surface area (TPSA) is 108 Å². The molecule has 0 radical (unpaired) electrons. The van der Waals surface area contributed by atoms with Crippen LogP contribution >= 0.6 is 0 Å². The summed E-state index contributed by atoms with van der Waals surface area (Å²) >= 11 is 0. The third-order valence-corrected chi connectivity index (χ3v) is 3.96. The minimum Gasteiger partial charge on any atom is -0.490 e. The molecule has 0 aliphatic heterocycles. The van der Waals surface area contributed by atoms with Crippen molar-refractivity contribution in [3.63, 3.8) is 0 Å². The van der Waals surface area contributed by atoms with Gasteiger partial charge in [0.15, 0.2) is 12.4 Å². The third-order valence-electron chi connectivity index (χ3n) is 3.96. The number of benzene rings is 2. The Labute approximate surface area is 168 Å². The third kappa shape index (κ3) is 5.93. The molecule has 0 bridgehead atoms. The minimum atomic E-state index is -4.54. The summed E-state index contributed by atoms with van der Waals surface area (Å²) in [5.74, 6) is -1.68. The molecule has 160 valence electrons. The summed E-state index contributed by atoms with van der Waals surface area (Å²) in [7, 11) is 1.23. The number of nitro groups is 1. The van der Waals surface area contributed by atoms with Crippen molar-refractivity contribution in [2.24, 2.45) is 0 Å². The number of amides is 1. The predicted octanol–water partition coefficient (Wildman–Crippen LogP) is 3.66. The quantitative estimate of drug-likeness (QED) is 0.411. The molecule has 2 aromatic rings. The van der Waals surface area contributed by atoms with E-state index in [4.69, 9.17) is 9.47 Å². The Bertz CT molecular complexity index is 975. The van der Waals surface area contributed by atoms with Gasteiger partial charge in [-0.3, -0.25) is 19.7 Å². The molecular weight excluding hydrogens is 409 g/mol. The molecule has 30 heavy (non-hydrogen) atoms. The van der Waals surface area contributed by atoms with Crippen LogP contribution < -0.4 is 10.1 Å².